The Hall–Kier alpha value is -0.710. The molecule has 1 N–H and O–H groups in total. The number of benzene rings is 1. The van der Waals surface area contributed by atoms with E-state index in [9.17, 15) is 9.00 Å². The second-order valence-electron chi connectivity index (χ2n) is 4.99. The molecule has 0 saturated carbocycles. The number of hydrogen-bond donors (Lipinski definition) is 1. The number of halogens is 1. The van der Waals surface area contributed by atoms with Crippen molar-refractivity contribution in [2.24, 2.45) is 0 Å². The zero-order chi connectivity index (χ0) is 15.0. The lowest BCUT2D eigenvalue weighted by Crippen LogP contribution is -2.32. The first-order chi connectivity index (χ1) is 9.52. The van der Waals surface area contributed by atoms with Crippen LogP contribution in [0.1, 0.15) is 38.2 Å². The van der Waals surface area contributed by atoms with Crippen LogP contribution in [0.25, 0.3) is 0 Å². The summed E-state index contributed by atoms with van der Waals surface area (Å²) in [7, 11) is -1.28. The molecule has 20 heavy (non-hydrogen) atoms. The highest BCUT2D eigenvalue weighted by Gasteiger charge is 2.14. The lowest BCUT2D eigenvalue weighted by Gasteiger charge is -2.16. The molecule has 1 aromatic rings. The fraction of sp³-hybridized carbons (Fsp3) is 0.533. The normalized spacial score (nSPS) is 13.9. The van der Waals surface area contributed by atoms with Gasteiger partial charge in [-0.15, -0.1) is 11.6 Å². The standard InChI is InChI=1S/C15H22ClNO2S/c1-12-6-8-15(9-7-12)20(19)17-14(11-13(2)18)5-3-4-10-16/h6-9,14,17H,3-5,10-11H2,1-2H3/t14-,20-/m0/s1. The van der Waals surface area contributed by atoms with E-state index in [-0.39, 0.29) is 11.8 Å². The number of carbonyl (C=O) groups excluding carboxylic acids is 1. The zero-order valence-electron chi connectivity index (χ0n) is 12.0. The van der Waals surface area contributed by atoms with E-state index in [2.05, 4.69) is 4.72 Å². The summed E-state index contributed by atoms with van der Waals surface area (Å²) >= 11 is 5.66. The van der Waals surface area contributed by atoms with Crippen molar-refractivity contribution in [1.29, 1.82) is 0 Å². The Labute approximate surface area is 128 Å². The van der Waals surface area contributed by atoms with E-state index in [1.807, 2.05) is 31.2 Å². The minimum absolute atomic E-state index is 0.0575. The van der Waals surface area contributed by atoms with Gasteiger partial charge in [0.15, 0.2) is 0 Å². The number of hydrogen-bond acceptors (Lipinski definition) is 2. The van der Waals surface area contributed by atoms with Gasteiger partial charge < -0.3 is 0 Å². The maximum absolute atomic E-state index is 12.2. The average Bonchev–Trinajstić information content (AvgIpc) is 2.38. The largest absolute Gasteiger partial charge is 0.300 e. The van der Waals surface area contributed by atoms with E-state index in [0.29, 0.717) is 12.3 Å². The van der Waals surface area contributed by atoms with Gasteiger partial charge in [0.25, 0.3) is 0 Å². The van der Waals surface area contributed by atoms with E-state index in [1.54, 1.807) is 6.92 Å². The molecule has 0 aliphatic heterocycles. The van der Waals surface area contributed by atoms with Crippen molar-refractivity contribution in [3.05, 3.63) is 29.8 Å². The molecule has 3 nitrogen and oxygen atoms in total. The fourth-order valence-electron chi connectivity index (χ4n) is 1.92. The van der Waals surface area contributed by atoms with Crippen LogP contribution in [0.5, 0.6) is 0 Å². The van der Waals surface area contributed by atoms with Gasteiger partial charge in [0.2, 0.25) is 0 Å². The Morgan fingerprint density at radius 1 is 1.30 bits per heavy atom. The average molecular weight is 316 g/mol. The van der Waals surface area contributed by atoms with Crippen molar-refractivity contribution < 1.29 is 9.00 Å². The van der Waals surface area contributed by atoms with Crippen LogP contribution in [0.15, 0.2) is 29.2 Å². The zero-order valence-corrected chi connectivity index (χ0v) is 13.6. The van der Waals surface area contributed by atoms with E-state index in [1.165, 1.54) is 0 Å². The van der Waals surface area contributed by atoms with E-state index in [4.69, 9.17) is 11.6 Å². The third-order valence-electron chi connectivity index (χ3n) is 2.98. The SMILES string of the molecule is CC(=O)C[C@H](CCCCCl)N[S@@](=O)c1ccc(C)cc1. The van der Waals surface area contributed by atoms with Gasteiger partial charge in [-0.2, -0.15) is 0 Å². The molecule has 0 amide bonds. The van der Waals surface area contributed by atoms with Gasteiger partial charge in [-0.25, -0.2) is 8.93 Å². The minimum Gasteiger partial charge on any atom is -0.300 e. The molecule has 0 unspecified atom stereocenters. The van der Waals surface area contributed by atoms with Crippen molar-refractivity contribution in [2.75, 3.05) is 5.88 Å². The second-order valence-corrected chi connectivity index (χ2v) is 6.61. The number of carbonyl (C=O) groups is 1. The second kappa shape index (κ2) is 9.27. The van der Waals surface area contributed by atoms with Crippen LogP contribution in [0.4, 0.5) is 0 Å². The van der Waals surface area contributed by atoms with Gasteiger partial charge in [-0.3, -0.25) is 4.79 Å². The third-order valence-corrected chi connectivity index (χ3v) is 4.49. The number of ketones is 1. The van der Waals surface area contributed by atoms with Crippen molar-refractivity contribution in [3.63, 3.8) is 0 Å². The molecule has 0 aliphatic carbocycles. The quantitative estimate of drug-likeness (QED) is 0.561. The van der Waals surface area contributed by atoms with Gasteiger partial charge in [-0.1, -0.05) is 24.1 Å². The number of aryl methyl sites for hydroxylation is 1. The molecule has 0 aromatic heterocycles. The molecule has 0 aliphatic rings. The van der Waals surface area contributed by atoms with Crippen LogP contribution in [-0.4, -0.2) is 21.9 Å². The Balaban J connectivity index is 2.60. The highest BCUT2D eigenvalue weighted by molar-refractivity contribution is 7.83. The fourth-order valence-corrected chi connectivity index (χ4v) is 3.13. The summed E-state index contributed by atoms with van der Waals surface area (Å²) in [6.45, 7) is 3.55. The Morgan fingerprint density at radius 3 is 2.50 bits per heavy atom. The molecule has 0 bridgehead atoms. The summed E-state index contributed by atoms with van der Waals surface area (Å²) in [4.78, 5) is 12.0. The smallest absolute Gasteiger partial charge is 0.131 e. The monoisotopic (exact) mass is 315 g/mol. The van der Waals surface area contributed by atoms with Crippen LogP contribution in [0.3, 0.4) is 0 Å². The number of alkyl halides is 1. The van der Waals surface area contributed by atoms with Gasteiger partial charge in [0.05, 0.1) is 4.90 Å². The number of rotatable bonds is 9. The van der Waals surface area contributed by atoms with Gasteiger partial charge in [-0.05, 0) is 38.8 Å². The molecule has 0 spiro atoms. The van der Waals surface area contributed by atoms with Crippen molar-refractivity contribution in [2.45, 2.75) is 50.5 Å². The third kappa shape index (κ3) is 6.64. The molecule has 0 heterocycles. The first-order valence-electron chi connectivity index (χ1n) is 6.83. The van der Waals surface area contributed by atoms with Crippen molar-refractivity contribution >= 4 is 28.4 Å². The predicted octanol–water partition coefficient (Wildman–Crippen LogP) is 3.36. The van der Waals surface area contributed by atoms with E-state index >= 15 is 0 Å². The van der Waals surface area contributed by atoms with Crippen LogP contribution >= 0.6 is 11.6 Å². The summed E-state index contributed by atoms with van der Waals surface area (Å²) in [5.74, 6) is 0.725. The summed E-state index contributed by atoms with van der Waals surface area (Å²) in [6, 6.07) is 7.51. The molecular weight excluding hydrogens is 294 g/mol. The van der Waals surface area contributed by atoms with Crippen LogP contribution < -0.4 is 4.72 Å². The minimum atomic E-state index is -1.28. The molecule has 0 saturated heterocycles. The summed E-state index contributed by atoms with van der Waals surface area (Å²) in [5, 5.41) is 0. The maximum Gasteiger partial charge on any atom is 0.131 e. The molecule has 5 heteroatoms. The van der Waals surface area contributed by atoms with E-state index in [0.717, 1.165) is 29.7 Å². The summed E-state index contributed by atoms with van der Waals surface area (Å²) < 4.78 is 15.3. The summed E-state index contributed by atoms with van der Waals surface area (Å²) in [5.41, 5.74) is 1.13. The molecule has 1 rings (SSSR count). The van der Waals surface area contributed by atoms with Gasteiger partial charge in [0.1, 0.15) is 16.8 Å². The molecule has 0 radical (unpaired) electrons. The predicted molar refractivity (Wildman–Crippen MR) is 84.4 cm³/mol. The summed E-state index contributed by atoms with van der Waals surface area (Å²) in [6.07, 6.45) is 3.05. The molecule has 1 aromatic carbocycles. The highest BCUT2D eigenvalue weighted by Crippen LogP contribution is 2.11. The Kier molecular flexibility index (Phi) is 8.04. The Bertz CT molecular complexity index is 448. The molecule has 0 fully saturated rings. The lowest BCUT2D eigenvalue weighted by atomic mass is 10.1. The number of unbranched alkanes of at least 4 members (excludes halogenated alkanes) is 1. The maximum atomic E-state index is 12.2. The van der Waals surface area contributed by atoms with Crippen molar-refractivity contribution in [3.8, 4) is 0 Å². The van der Waals surface area contributed by atoms with Gasteiger partial charge >= 0.3 is 0 Å². The first-order valence-corrected chi connectivity index (χ1v) is 8.51. The van der Waals surface area contributed by atoms with E-state index < -0.39 is 11.0 Å². The topological polar surface area (TPSA) is 46.2 Å². The first kappa shape index (κ1) is 17.3. The van der Waals surface area contributed by atoms with Gasteiger partial charge in [0, 0.05) is 18.3 Å². The number of Topliss-reactive ketones (excluding diaryl/α,β-unsaturated/α-hetero) is 1. The van der Waals surface area contributed by atoms with Crippen LogP contribution in [-0.2, 0) is 15.8 Å². The lowest BCUT2D eigenvalue weighted by molar-refractivity contribution is -0.117. The van der Waals surface area contributed by atoms with Crippen LogP contribution in [0.2, 0.25) is 0 Å². The van der Waals surface area contributed by atoms with Crippen LogP contribution in [0, 0.1) is 6.92 Å². The molecular formula is C15H22ClNO2S. The molecule has 2 atom stereocenters. The molecule has 112 valence electrons. The Morgan fingerprint density at radius 2 is 1.95 bits per heavy atom. The van der Waals surface area contributed by atoms with Crippen molar-refractivity contribution in [1.82, 2.24) is 4.72 Å². The highest BCUT2D eigenvalue weighted by atomic mass is 35.5. The number of nitrogens with one attached hydrogen (secondary N) is 1.